The van der Waals surface area contributed by atoms with E-state index in [-0.39, 0.29) is 0 Å². The number of likely N-dealkylation sites (tertiary alicyclic amines) is 1. The van der Waals surface area contributed by atoms with Crippen LogP contribution >= 0.6 is 0 Å². The van der Waals surface area contributed by atoms with Crippen molar-refractivity contribution in [2.45, 2.75) is 26.3 Å². The van der Waals surface area contributed by atoms with Crippen LogP contribution in [0.15, 0.2) is 29.3 Å². The lowest BCUT2D eigenvalue weighted by molar-refractivity contribution is 0.0818. The van der Waals surface area contributed by atoms with Crippen molar-refractivity contribution in [1.82, 2.24) is 10.2 Å². The van der Waals surface area contributed by atoms with Gasteiger partial charge in [-0.05, 0) is 31.0 Å². The van der Waals surface area contributed by atoms with E-state index in [1.54, 1.807) is 25.3 Å². The van der Waals surface area contributed by atoms with Gasteiger partial charge in [-0.25, -0.2) is 13.8 Å². The summed E-state index contributed by atoms with van der Waals surface area (Å²) >= 11 is 0. The van der Waals surface area contributed by atoms with Crippen molar-refractivity contribution >= 4 is 5.96 Å². The summed E-state index contributed by atoms with van der Waals surface area (Å²) < 4.78 is 34.8. The Balaban J connectivity index is 1.97. The number of methoxy groups -OCH3 is 1. The maximum Gasteiger partial charge on any atom is 0.272 e. The second-order valence-corrected chi connectivity index (χ2v) is 6.08. The first-order chi connectivity index (χ1) is 12.1. The van der Waals surface area contributed by atoms with E-state index < -0.39 is 13.0 Å². The highest BCUT2D eigenvalue weighted by atomic mass is 19.3. The standard InChI is InChI=1S/C18H27F2N3O2/c1-3-21-18(23-8-7-15(11-23)12-24-2)22-10-14-5-4-6-16(9-14)25-13-17(19)20/h4-6,9,15,17H,3,7-8,10-13H2,1-2H3,(H,21,22). The van der Waals surface area contributed by atoms with Crippen LogP contribution in [0.1, 0.15) is 18.9 Å². The molecule has 2 rings (SSSR count). The molecule has 0 aliphatic carbocycles. The fourth-order valence-corrected chi connectivity index (χ4v) is 2.88. The number of hydrogen-bond acceptors (Lipinski definition) is 3. The van der Waals surface area contributed by atoms with Crippen LogP contribution in [0.5, 0.6) is 5.75 Å². The van der Waals surface area contributed by atoms with E-state index in [9.17, 15) is 8.78 Å². The van der Waals surface area contributed by atoms with E-state index in [1.165, 1.54) is 0 Å². The molecular formula is C18H27F2N3O2. The Hall–Kier alpha value is -1.89. The Morgan fingerprint density at radius 1 is 1.44 bits per heavy atom. The Morgan fingerprint density at radius 3 is 3.00 bits per heavy atom. The summed E-state index contributed by atoms with van der Waals surface area (Å²) in [5.74, 6) is 1.85. The van der Waals surface area contributed by atoms with Crippen molar-refractivity contribution in [3.05, 3.63) is 29.8 Å². The first-order valence-electron chi connectivity index (χ1n) is 8.64. The SMILES string of the molecule is CCNC(=NCc1cccc(OCC(F)F)c1)N1CCC(COC)C1. The Labute approximate surface area is 148 Å². The van der Waals surface area contributed by atoms with Gasteiger partial charge in [-0.1, -0.05) is 12.1 Å². The molecule has 1 saturated heterocycles. The highest BCUT2D eigenvalue weighted by Gasteiger charge is 2.24. The van der Waals surface area contributed by atoms with Crippen molar-refractivity contribution in [2.75, 3.05) is 40.0 Å². The summed E-state index contributed by atoms with van der Waals surface area (Å²) in [5.41, 5.74) is 0.926. The summed E-state index contributed by atoms with van der Waals surface area (Å²) in [5, 5.41) is 3.32. The minimum absolute atomic E-state index is 0.444. The molecule has 1 heterocycles. The Bertz CT molecular complexity index is 555. The third kappa shape index (κ3) is 6.49. The summed E-state index contributed by atoms with van der Waals surface area (Å²) in [6.07, 6.45) is -1.38. The Morgan fingerprint density at radius 2 is 2.28 bits per heavy atom. The molecule has 1 unspecified atom stereocenters. The zero-order valence-electron chi connectivity index (χ0n) is 14.9. The molecule has 0 spiro atoms. The molecule has 1 fully saturated rings. The maximum absolute atomic E-state index is 12.2. The molecule has 0 amide bonds. The van der Waals surface area contributed by atoms with Gasteiger partial charge in [0.2, 0.25) is 0 Å². The van der Waals surface area contributed by atoms with Crippen molar-refractivity contribution in [3.8, 4) is 5.75 Å². The zero-order chi connectivity index (χ0) is 18.1. The molecule has 0 radical (unpaired) electrons. The summed E-state index contributed by atoms with van der Waals surface area (Å²) in [7, 11) is 1.73. The van der Waals surface area contributed by atoms with Crippen LogP contribution in [-0.2, 0) is 11.3 Å². The topological polar surface area (TPSA) is 46.1 Å². The number of nitrogens with one attached hydrogen (secondary N) is 1. The lowest BCUT2D eigenvalue weighted by Gasteiger charge is -2.21. The van der Waals surface area contributed by atoms with Gasteiger partial charge in [-0.2, -0.15) is 0 Å². The second-order valence-electron chi connectivity index (χ2n) is 6.08. The highest BCUT2D eigenvalue weighted by molar-refractivity contribution is 5.80. The molecule has 1 aliphatic rings. The van der Waals surface area contributed by atoms with Crippen LogP contribution in [-0.4, -0.2) is 57.2 Å². The van der Waals surface area contributed by atoms with Crippen LogP contribution in [0.3, 0.4) is 0 Å². The van der Waals surface area contributed by atoms with E-state index in [0.717, 1.165) is 44.2 Å². The lowest BCUT2D eigenvalue weighted by atomic mass is 10.1. The van der Waals surface area contributed by atoms with Crippen molar-refractivity contribution in [2.24, 2.45) is 10.9 Å². The van der Waals surface area contributed by atoms with Gasteiger partial charge < -0.3 is 19.7 Å². The number of guanidine groups is 1. The number of benzene rings is 1. The zero-order valence-corrected chi connectivity index (χ0v) is 14.9. The number of ether oxygens (including phenoxy) is 2. The quantitative estimate of drug-likeness (QED) is 0.575. The van der Waals surface area contributed by atoms with Gasteiger partial charge in [0.05, 0.1) is 13.2 Å². The second kappa shape index (κ2) is 10.2. The van der Waals surface area contributed by atoms with Crippen LogP contribution in [0, 0.1) is 5.92 Å². The predicted molar refractivity (Wildman–Crippen MR) is 94.3 cm³/mol. The minimum Gasteiger partial charge on any atom is -0.488 e. The number of nitrogens with zero attached hydrogens (tertiary/aromatic N) is 2. The molecule has 1 N–H and O–H groups in total. The molecule has 1 aromatic carbocycles. The fourth-order valence-electron chi connectivity index (χ4n) is 2.88. The average Bonchev–Trinajstić information content (AvgIpc) is 3.06. The first kappa shape index (κ1) is 19.4. The van der Waals surface area contributed by atoms with Gasteiger partial charge in [0.1, 0.15) is 12.4 Å². The van der Waals surface area contributed by atoms with Crippen LogP contribution in [0.2, 0.25) is 0 Å². The van der Waals surface area contributed by atoms with E-state index in [0.29, 0.717) is 18.2 Å². The van der Waals surface area contributed by atoms with Crippen molar-refractivity contribution in [1.29, 1.82) is 0 Å². The predicted octanol–water partition coefficient (Wildman–Crippen LogP) is 2.76. The Kier molecular flexibility index (Phi) is 7.91. The molecule has 0 bridgehead atoms. The minimum atomic E-state index is -2.47. The maximum atomic E-state index is 12.2. The summed E-state index contributed by atoms with van der Waals surface area (Å²) in [6.45, 7) is 5.36. The third-order valence-electron chi connectivity index (χ3n) is 4.01. The molecule has 1 aromatic rings. The molecule has 0 aromatic heterocycles. The molecule has 25 heavy (non-hydrogen) atoms. The number of alkyl halides is 2. The normalized spacial score (nSPS) is 18.0. The number of rotatable bonds is 8. The van der Waals surface area contributed by atoms with Crippen LogP contribution < -0.4 is 10.1 Å². The average molecular weight is 355 g/mol. The molecule has 140 valence electrons. The van der Waals surface area contributed by atoms with Crippen molar-refractivity contribution in [3.63, 3.8) is 0 Å². The highest BCUT2D eigenvalue weighted by Crippen LogP contribution is 2.18. The largest absolute Gasteiger partial charge is 0.488 e. The van der Waals surface area contributed by atoms with Gasteiger partial charge in [0, 0.05) is 32.7 Å². The molecule has 5 nitrogen and oxygen atoms in total. The fraction of sp³-hybridized carbons (Fsp3) is 0.611. The lowest BCUT2D eigenvalue weighted by Crippen LogP contribution is -2.40. The van der Waals surface area contributed by atoms with Gasteiger partial charge in [-0.3, -0.25) is 0 Å². The molecule has 7 heteroatoms. The van der Waals surface area contributed by atoms with E-state index in [4.69, 9.17) is 9.47 Å². The monoisotopic (exact) mass is 355 g/mol. The first-order valence-corrected chi connectivity index (χ1v) is 8.64. The van der Waals surface area contributed by atoms with Crippen molar-refractivity contribution < 1.29 is 18.3 Å². The van der Waals surface area contributed by atoms with Crippen LogP contribution in [0.4, 0.5) is 8.78 Å². The van der Waals surface area contributed by atoms with Crippen LogP contribution in [0.25, 0.3) is 0 Å². The van der Waals surface area contributed by atoms with Gasteiger partial charge in [-0.15, -0.1) is 0 Å². The van der Waals surface area contributed by atoms with E-state index >= 15 is 0 Å². The number of aliphatic imine (C=N–C) groups is 1. The van der Waals surface area contributed by atoms with E-state index in [1.807, 2.05) is 13.0 Å². The van der Waals surface area contributed by atoms with Gasteiger partial charge in [0.15, 0.2) is 5.96 Å². The van der Waals surface area contributed by atoms with Gasteiger partial charge in [0.25, 0.3) is 6.43 Å². The van der Waals surface area contributed by atoms with Gasteiger partial charge >= 0.3 is 0 Å². The molecule has 0 saturated carbocycles. The molecule has 1 atom stereocenters. The van der Waals surface area contributed by atoms with E-state index in [2.05, 4.69) is 15.2 Å². The smallest absolute Gasteiger partial charge is 0.272 e. The number of halogens is 2. The number of hydrogen-bond donors (Lipinski definition) is 1. The summed E-state index contributed by atoms with van der Waals surface area (Å²) in [4.78, 5) is 6.92. The molecular weight excluding hydrogens is 328 g/mol. The summed E-state index contributed by atoms with van der Waals surface area (Å²) in [6, 6.07) is 7.15. The third-order valence-corrected chi connectivity index (χ3v) is 4.01. The molecule has 1 aliphatic heterocycles.